The first-order valence-electron chi connectivity index (χ1n) is 4.97. The molecule has 0 saturated heterocycles. The number of carbonyl (C=O) groups is 1. The summed E-state index contributed by atoms with van der Waals surface area (Å²) in [6.07, 6.45) is 2.13. The Morgan fingerprint density at radius 3 is 2.15 bits per heavy atom. The summed E-state index contributed by atoms with van der Waals surface area (Å²) in [5, 5.41) is 2.80. The van der Waals surface area contributed by atoms with Crippen LogP contribution in [-0.4, -0.2) is 25.7 Å². The molecule has 0 aliphatic rings. The molecular formula is C10H23NO2. The molecule has 80 valence electrons. The van der Waals surface area contributed by atoms with E-state index in [0.29, 0.717) is 6.61 Å². The minimum atomic E-state index is -0.188. The van der Waals surface area contributed by atoms with Crippen molar-refractivity contribution in [2.75, 3.05) is 13.7 Å². The third-order valence-electron chi connectivity index (χ3n) is 1.24. The van der Waals surface area contributed by atoms with Gasteiger partial charge in [0.25, 0.3) is 0 Å². The van der Waals surface area contributed by atoms with E-state index < -0.39 is 0 Å². The molecule has 1 atom stereocenters. The number of rotatable bonds is 4. The molecule has 0 bridgehead atoms. The Kier molecular flexibility index (Phi) is 13.1. The van der Waals surface area contributed by atoms with E-state index in [4.69, 9.17) is 4.74 Å². The Bertz CT molecular complexity index is 115. The Morgan fingerprint density at radius 1 is 1.38 bits per heavy atom. The van der Waals surface area contributed by atoms with Crippen LogP contribution < -0.4 is 5.32 Å². The van der Waals surface area contributed by atoms with Crippen molar-refractivity contribution < 1.29 is 9.53 Å². The molecule has 0 amide bonds. The van der Waals surface area contributed by atoms with Crippen molar-refractivity contribution in [1.82, 2.24) is 5.32 Å². The number of nitrogens with one attached hydrogen (secondary N) is 1. The Labute approximate surface area is 81.9 Å². The lowest BCUT2D eigenvalue weighted by Crippen LogP contribution is -2.32. The second-order valence-electron chi connectivity index (χ2n) is 2.88. The van der Waals surface area contributed by atoms with E-state index in [-0.39, 0.29) is 12.0 Å². The zero-order chi connectivity index (χ0) is 10.7. The summed E-state index contributed by atoms with van der Waals surface area (Å²) >= 11 is 0. The van der Waals surface area contributed by atoms with Gasteiger partial charge in [-0.1, -0.05) is 27.2 Å². The average molecular weight is 189 g/mol. The van der Waals surface area contributed by atoms with Crippen LogP contribution >= 0.6 is 0 Å². The Hall–Kier alpha value is -0.570. The van der Waals surface area contributed by atoms with Gasteiger partial charge in [0, 0.05) is 0 Å². The van der Waals surface area contributed by atoms with Crippen LogP contribution in [0.2, 0.25) is 0 Å². The van der Waals surface area contributed by atoms with Crippen molar-refractivity contribution in [3.05, 3.63) is 0 Å². The van der Waals surface area contributed by atoms with Crippen molar-refractivity contribution in [2.45, 2.75) is 46.6 Å². The molecule has 0 aromatic heterocycles. The van der Waals surface area contributed by atoms with Gasteiger partial charge in [-0.25, -0.2) is 0 Å². The van der Waals surface area contributed by atoms with Gasteiger partial charge in [0.1, 0.15) is 6.04 Å². The number of esters is 1. The molecule has 0 rings (SSSR count). The second kappa shape index (κ2) is 11.4. The fourth-order valence-electron chi connectivity index (χ4n) is 0.446. The van der Waals surface area contributed by atoms with Crippen LogP contribution in [0, 0.1) is 0 Å². The highest BCUT2D eigenvalue weighted by molar-refractivity contribution is 5.75. The van der Waals surface area contributed by atoms with E-state index in [0.717, 1.165) is 6.42 Å². The zero-order valence-electron chi connectivity index (χ0n) is 9.52. The normalized spacial score (nSPS) is 11.2. The van der Waals surface area contributed by atoms with Crippen LogP contribution in [0.3, 0.4) is 0 Å². The first-order valence-corrected chi connectivity index (χ1v) is 4.97. The molecule has 1 N–H and O–H groups in total. The summed E-state index contributed by atoms with van der Waals surface area (Å²) in [5.41, 5.74) is 0. The molecule has 0 aromatic carbocycles. The summed E-state index contributed by atoms with van der Waals surface area (Å²) in [6.45, 7) is 8.51. The Balaban J connectivity index is 0. The van der Waals surface area contributed by atoms with E-state index >= 15 is 0 Å². The van der Waals surface area contributed by atoms with E-state index in [2.05, 4.69) is 19.2 Å². The quantitative estimate of drug-likeness (QED) is 0.687. The first kappa shape index (κ1) is 14.9. The molecule has 0 radical (unpaired) electrons. The van der Waals surface area contributed by atoms with Gasteiger partial charge in [-0.3, -0.25) is 4.79 Å². The fraction of sp³-hybridized carbons (Fsp3) is 0.900. The smallest absolute Gasteiger partial charge is 0.322 e. The van der Waals surface area contributed by atoms with Crippen LogP contribution in [0.5, 0.6) is 0 Å². The molecule has 0 aliphatic heterocycles. The topological polar surface area (TPSA) is 38.3 Å². The number of hydrogen-bond acceptors (Lipinski definition) is 3. The third kappa shape index (κ3) is 11.4. The number of hydrogen-bond donors (Lipinski definition) is 1. The van der Waals surface area contributed by atoms with Crippen molar-refractivity contribution in [2.24, 2.45) is 0 Å². The molecule has 0 aliphatic carbocycles. The predicted molar refractivity (Wildman–Crippen MR) is 55.7 cm³/mol. The third-order valence-corrected chi connectivity index (χ3v) is 1.24. The highest BCUT2D eigenvalue weighted by atomic mass is 16.5. The SMILES string of the molecule is CCC.CCCOC(=O)[C@H](C)NC. The Morgan fingerprint density at radius 2 is 1.85 bits per heavy atom. The molecule has 0 saturated carbocycles. The first-order chi connectivity index (χ1) is 6.13. The van der Waals surface area contributed by atoms with Gasteiger partial charge in [-0.15, -0.1) is 0 Å². The lowest BCUT2D eigenvalue weighted by Gasteiger charge is -2.08. The predicted octanol–water partition coefficient (Wildman–Crippen LogP) is 1.96. The van der Waals surface area contributed by atoms with E-state index in [9.17, 15) is 4.79 Å². The van der Waals surface area contributed by atoms with Crippen LogP contribution in [0.15, 0.2) is 0 Å². The van der Waals surface area contributed by atoms with Crippen LogP contribution in [-0.2, 0) is 9.53 Å². The standard InChI is InChI=1S/C7H15NO2.C3H8/c1-4-5-10-7(9)6(2)8-3;1-3-2/h6,8H,4-5H2,1-3H3;3H2,1-2H3/t6-;/m0./s1. The zero-order valence-corrected chi connectivity index (χ0v) is 9.52. The monoisotopic (exact) mass is 189 g/mol. The summed E-state index contributed by atoms with van der Waals surface area (Å²) in [7, 11) is 1.73. The maximum atomic E-state index is 10.8. The van der Waals surface area contributed by atoms with Crippen molar-refractivity contribution >= 4 is 5.97 Å². The molecule has 3 nitrogen and oxygen atoms in total. The summed E-state index contributed by atoms with van der Waals surface area (Å²) in [6, 6.07) is -0.188. The van der Waals surface area contributed by atoms with Crippen molar-refractivity contribution in [3.8, 4) is 0 Å². The van der Waals surface area contributed by atoms with Crippen LogP contribution in [0.1, 0.15) is 40.5 Å². The number of likely N-dealkylation sites (N-methyl/N-ethyl adjacent to an activating group) is 1. The minimum absolute atomic E-state index is 0.177. The maximum absolute atomic E-state index is 10.8. The van der Waals surface area contributed by atoms with Crippen LogP contribution in [0.4, 0.5) is 0 Å². The van der Waals surface area contributed by atoms with Gasteiger partial charge in [-0.05, 0) is 20.4 Å². The van der Waals surface area contributed by atoms with Gasteiger partial charge in [-0.2, -0.15) is 0 Å². The molecule has 0 unspecified atom stereocenters. The van der Waals surface area contributed by atoms with Crippen LogP contribution in [0.25, 0.3) is 0 Å². The molecule has 13 heavy (non-hydrogen) atoms. The van der Waals surface area contributed by atoms with Gasteiger partial charge in [0.05, 0.1) is 6.61 Å². The maximum Gasteiger partial charge on any atom is 0.322 e. The molecule has 0 heterocycles. The summed E-state index contributed by atoms with van der Waals surface area (Å²) in [4.78, 5) is 10.8. The molecule has 3 heteroatoms. The molecule has 0 fully saturated rings. The second-order valence-corrected chi connectivity index (χ2v) is 2.88. The largest absolute Gasteiger partial charge is 0.465 e. The minimum Gasteiger partial charge on any atom is -0.465 e. The summed E-state index contributed by atoms with van der Waals surface area (Å²) < 4.78 is 4.84. The molecular weight excluding hydrogens is 166 g/mol. The van der Waals surface area contributed by atoms with Gasteiger partial charge in [0.2, 0.25) is 0 Å². The van der Waals surface area contributed by atoms with E-state index in [1.165, 1.54) is 6.42 Å². The summed E-state index contributed by atoms with van der Waals surface area (Å²) in [5.74, 6) is -0.177. The highest BCUT2D eigenvalue weighted by Crippen LogP contribution is 1.87. The number of carbonyl (C=O) groups excluding carboxylic acids is 1. The molecule has 0 spiro atoms. The molecule has 0 aromatic rings. The van der Waals surface area contributed by atoms with Gasteiger partial charge in [0.15, 0.2) is 0 Å². The number of ether oxygens (including phenoxy) is 1. The van der Waals surface area contributed by atoms with Crippen molar-refractivity contribution in [3.63, 3.8) is 0 Å². The van der Waals surface area contributed by atoms with Gasteiger partial charge < -0.3 is 10.1 Å². The average Bonchev–Trinajstić information content (AvgIpc) is 2.14. The van der Waals surface area contributed by atoms with Gasteiger partial charge >= 0.3 is 5.97 Å². The lowest BCUT2D eigenvalue weighted by atomic mass is 10.3. The highest BCUT2D eigenvalue weighted by Gasteiger charge is 2.09. The van der Waals surface area contributed by atoms with E-state index in [1.807, 2.05) is 6.92 Å². The lowest BCUT2D eigenvalue weighted by molar-refractivity contribution is -0.145. The van der Waals surface area contributed by atoms with Crippen molar-refractivity contribution in [1.29, 1.82) is 0 Å². The van der Waals surface area contributed by atoms with E-state index in [1.54, 1.807) is 14.0 Å². The fourth-order valence-corrected chi connectivity index (χ4v) is 0.446.